The standard InChI is InChI=1S/C19H19N3O3/c1-13(10-14-6-5-7-15(11-14)24-2)21-19(23)18-12-17(22-25-18)16-8-3-4-9-20-16/h3-9,11-13H,10H2,1-2H3,(H,21,23). The Morgan fingerprint density at radius 1 is 1.20 bits per heavy atom. The van der Waals surface area contributed by atoms with Crippen molar-refractivity contribution in [2.24, 2.45) is 0 Å². The predicted octanol–water partition coefficient (Wildman–Crippen LogP) is 3.11. The van der Waals surface area contributed by atoms with Gasteiger partial charge in [0.05, 0.1) is 12.8 Å². The molecule has 1 atom stereocenters. The number of ether oxygens (including phenoxy) is 1. The molecule has 2 heterocycles. The maximum atomic E-state index is 12.3. The highest BCUT2D eigenvalue weighted by atomic mass is 16.5. The monoisotopic (exact) mass is 337 g/mol. The lowest BCUT2D eigenvalue weighted by Gasteiger charge is -2.13. The van der Waals surface area contributed by atoms with E-state index in [-0.39, 0.29) is 17.7 Å². The molecule has 25 heavy (non-hydrogen) atoms. The molecule has 3 rings (SSSR count). The number of hydrogen-bond donors (Lipinski definition) is 1. The minimum Gasteiger partial charge on any atom is -0.497 e. The highest BCUT2D eigenvalue weighted by Gasteiger charge is 2.17. The quantitative estimate of drug-likeness (QED) is 0.748. The van der Waals surface area contributed by atoms with Crippen LogP contribution in [0.5, 0.6) is 5.75 Å². The second-order valence-corrected chi connectivity index (χ2v) is 5.72. The molecule has 0 aliphatic carbocycles. The zero-order valence-corrected chi connectivity index (χ0v) is 14.1. The summed E-state index contributed by atoms with van der Waals surface area (Å²) in [4.78, 5) is 16.5. The topological polar surface area (TPSA) is 77.2 Å². The highest BCUT2D eigenvalue weighted by Crippen LogP contribution is 2.17. The Hall–Kier alpha value is -3.15. The van der Waals surface area contributed by atoms with E-state index in [1.54, 1.807) is 19.4 Å². The van der Waals surface area contributed by atoms with Crippen LogP contribution in [0, 0.1) is 0 Å². The maximum absolute atomic E-state index is 12.3. The molecule has 3 aromatic rings. The van der Waals surface area contributed by atoms with Gasteiger partial charge in [-0.3, -0.25) is 9.78 Å². The lowest BCUT2D eigenvalue weighted by Crippen LogP contribution is -2.33. The lowest BCUT2D eigenvalue weighted by atomic mass is 10.1. The van der Waals surface area contributed by atoms with Crippen molar-refractivity contribution in [1.29, 1.82) is 0 Å². The Morgan fingerprint density at radius 2 is 2.08 bits per heavy atom. The van der Waals surface area contributed by atoms with Crippen molar-refractivity contribution in [3.05, 3.63) is 66.1 Å². The van der Waals surface area contributed by atoms with E-state index in [9.17, 15) is 4.79 Å². The van der Waals surface area contributed by atoms with Crippen LogP contribution in [-0.4, -0.2) is 29.2 Å². The molecule has 6 nitrogen and oxygen atoms in total. The van der Waals surface area contributed by atoms with Gasteiger partial charge in [-0.05, 0) is 43.2 Å². The first-order valence-electron chi connectivity index (χ1n) is 7.97. The number of hydrogen-bond acceptors (Lipinski definition) is 5. The second-order valence-electron chi connectivity index (χ2n) is 5.72. The van der Waals surface area contributed by atoms with Gasteiger partial charge in [-0.2, -0.15) is 0 Å². The van der Waals surface area contributed by atoms with E-state index in [4.69, 9.17) is 9.26 Å². The molecule has 6 heteroatoms. The molecule has 1 aromatic carbocycles. The van der Waals surface area contributed by atoms with E-state index in [1.807, 2.05) is 49.4 Å². The van der Waals surface area contributed by atoms with E-state index in [2.05, 4.69) is 15.5 Å². The smallest absolute Gasteiger partial charge is 0.290 e. The van der Waals surface area contributed by atoms with Crippen LogP contribution in [0.4, 0.5) is 0 Å². The lowest BCUT2D eigenvalue weighted by molar-refractivity contribution is 0.0903. The average molecular weight is 337 g/mol. The first-order chi connectivity index (χ1) is 12.2. The Bertz CT molecular complexity index is 846. The average Bonchev–Trinajstić information content (AvgIpc) is 3.13. The summed E-state index contributed by atoms with van der Waals surface area (Å²) in [5.41, 5.74) is 2.28. The molecule has 1 N–H and O–H groups in total. The SMILES string of the molecule is COc1cccc(CC(C)NC(=O)c2cc(-c3ccccn3)no2)c1. The number of pyridine rings is 1. The molecular weight excluding hydrogens is 318 g/mol. The van der Waals surface area contributed by atoms with E-state index < -0.39 is 0 Å². The summed E-state index contributed by atoms with van der Waals surface area (Å²) >= 11 is 0. The molecule has 0 aliphatic heterocycles. The molecule has 0 fully saturated rings. The van der Waals surface area contributed by atoms with Crippen molar-refractivity contribution in [2.75, 3.05) is 7.11 Å². The van der Waals surface area contributed by atoms with E-state index in [1.165, 1.54) is 0 Å². The Labute approximate surface area is 145 Å². The molecule has 0 spiro atoms. The summed E-state index contributed by atoms with van der Waals surface area (Å²) in [6, 6.07) is 14.8. The van der Waals surface area contributed by atoms with Gasteiger partial charge in [0.25, 0.3) is 5.91 Å². The van der Waals surface area contributed by atoms with Crippen molar-refractivity contribution in [1.82, 2.24) is 15.5 Å². The number of nitrogens with one attached hydrogen (secondary N) is 1. The van der Waals surface area contributed by atoms with Crippen LogP contribution in [0.2, 0.25) is 0 Å². The first kappa shape index (κ1) is 16.7. The summed E-state index contributed by atoms with van der Waals surface area (Å²) in [7, 11) is 1.63. The van der Waals surface area contributed by atoms with Crippen molar-refractivity contribution >= 4 is 5.91 Å². The van der Waals surface area contributed by atoms with Gasteiger partial charge in [-0.1, -0.05) is 23.4 Å². The van der Waals surface area contributed by atoms with Gasteiger partial charge in [0.1, 0.15) is 11.4 Å². The van der Waals surface area contributed by atoms with E-state index in [0.717, 1.165) is 11.3 Å². The third kappa shape index (κ3) is 4.23. The van der Waals surface area contributed by atoms with Gasteiger partial charge >= 0.3 is 0 Å². The third-order valence-corrected chi connectivity index (χ3v) is 3.71. The second kappa shape index (κ2) is 7.61. The normalized spacial score (nSPS) is 11.8. The first-order valence-corrected chi connectivity index (χ1v) is 7.97. The molecule has 1 amide bonds. The van der Waals surface area contributed by atoms with Crippen LogP contribution in [-0.2, 0) is 6.42 Å². The van der Waals surface area contributed by atoms with Crippen molar-refractivity contribution < 1.29 is 14.1 Å². The molecule has 1 unspecified atom stereocenters. The molecule has 0 saturated heterocycles. The van der Waals surface area contributed by atoms with Crippen LogP contribution in [0.3, 0.4) is 0 Å². The van der Waals surface area contributed by atoms with Crippen LogP contribution in [0.15, 0.2) is 59.3 Å². The van der Waals surface area contributed by atoms with Gasteiger partial charge in [0, 0.05) is 18.3 Å². The number of rotatable bonds is 6. The number of aromatic nitrogens is 2. The van der Waals surface area contributed by atoms with Gasteiger partial charge in [0.15, 0.2) is 0 Å². The van der Waals surface area contributed by atoms with Crippen molar-refractivity contribution in [3.8, 4) is 17.1 Å². The highest BCUT2D eigenvalue weighted by molar-refractivity contribution is 5.92. The Kier molecular flexibility index (Phi) is 5.09. The molecule has 0 radical (unpaired) electrons. The summed E-state index contributed by atoms with van der Waals surface area (Å²) in [5.74, 6) is 0.662. The summed E-state index contributed by atoms with van der Waals surface area (Å²) in [6.45, 7) is 1.94. The number of carbonyl (C=O) groups is 1. The molecule has 128 valence electrons. The number of nitrogens with zero attached hydrogens (tertiary/aromatic N) is 2. The summed E-state index contributed by atoms with van der Waals surface area (Å²) < 4.78 is 10.4. The fraction of sp³-hybridized carbons (Fsp3) is 0.211. The summed E-state index contributed by atoms with van der Waals surface area (Å²) in [5, 5.41) is 6.82. The number of carbonyl (C=O) groups excluding carboxylic acids is 1. The molecule has 0 bridgehead atoms. The van der Waals surface area contributed by atoms with Crippen LogP contribution in [0.1, 0.15) is 23.0 Å². The Morgan fingerprint density at radius 3 is 2.84 bits per heavy atom. The third-order valence-electron chi connectivity index (χ3n) is 3.71. The van der Waals surface area contributed by atoms with Crippen LogP contribution >= 0.6 is 0 Å². The number of methoxy groups -OCH3 is 1. The van der Waals surface area contributed by atoms with Gasteiger partial charge in [0.2, 0.25) is 5.76 Å². The fourth-order valence-electron chi connectivity index (χ4n) is 2.52. The molecule has 2 aromatic heterocycles. The van der Waals surface area contributed by atoms with Crippen molar-refractivity contribution in [3.63, 3.8) is 0 Å². The van der Waals surface area contributed by atoms with Crippen LogP contribution < -0.4 is 10.1 Å². The molecular formula is C19H19N3O3. The zero-order chi connectivity index (χ0) is 17.6. The maximum Gasteiger partial charge on any atom is 0.290 e. The van der Waals surface area contributed by atoms with E-state index in [0.29, 0.717) is 17.8 Å². The Balaban J connectivity index is 1.63. The van der Waals surface area contributed by atoms with Crippen molar-refractivity contribution in [2.45, 2.75) is 19.4 Å². The minimum atomic E-state index is -0.301. The number of benzene rings is 1. The largest absolute Gasteiger partial charge is 0.497 e. The molecule has 0 aliphatic rings. The van der Waals surface area contributed by atoms with Crippen LogP contribution in [0.25, 0.3) is 11.4 Å². The predicted molar refractivity (Wildman–Crippen MR) is 93.4 cm³/mol. The number of amides is 1. The fourth-order valence-corrected chi connectivity index (χ4v) is 2.52. The summed E-state index contributed by atoms with van der Waals surface area (Å²) in [6.07, 6.45) is 2.35. The van der Waals surface area contributed by atoms with E-state index >= 15 is 0 Å². The van der Waals surface area contributed by atoms with Gasteiger partial charge in [-0.25, -0.2) is 0 Å². The zero-order valence-electron chi connectivity index (χ0n) is 14.1. The van der Waals surface area contributed by atoms with Gasteiger partial charge in [-0.15, -0.1) is 0 Å². The van der Waals surface area contributed by atoms with Gasteiger partial charge < -0.3 is 14.6 Å². The molecule has 0 saturated carbocycles. The minimum absolute atomic E-state index is 0.0667.